The smallest absolute Gasteiger partial charge is 0.231 e. The molecule has 30 heavy (non-hydrogen) atoms. The van der Waals surface area contributed by atoms with Gasteiger partial charge in [0, 0.05) is 49.9 Å². The van der Waals surface area contributed by atoms with Gasteiger partial charge in [-0.3, -0.25) is 4.90 Å². The van der Waals surface area contributed by atoms with Gasteiger partial charge in [-0.15, -0.1) is 0 Å². The summed E-state index contributed by atoms with van der Waals surface area (Å²) in [7, 11) is 0. The summed E-state index contributed by atoms with van der Waals surface area (Å²) in [4.78, 5) is 4.64. The molecule has 0 spiro atoms. The molecule has 0 saturated carbocycles. The van der Waals surface area contributed by atoms with Crippen molar-refractivity contribution in [3.8, 4) is 17.2 Å². The average Bonchev–Trinajstić information content (AvgIpc) is 3.26. The minimum absolute atomic E-state index is 0.288. The van der Waals surface area contributed by atoms with Crippen LogP contribution in [0.2, 0.25) is 0 Å². The van der Waals surface area contributed by atoms with Gasteiger partial charge in [-0.05, 0) is 23.6 Å². The Morgan fingerprint density at radius 1 is 0.900 bits per heavy atom. The quantitative estimate of drug-likeness (QED) is 0.679. The SMILES string of the molecule is O[C@H](COc1cccc2ccccc12)CN1CCN(c2ccc3c(c2)OCO3)CC1. The number of piperazine rings is 1. The lowest BCUT2D eigenvalue weighted by Gasteiger charge is -2.36. The van der Waals surface area contributed by atoms with Crippen molar-refractivity contribution in [3.63, 3.8) is 0 Å². The first-order chi connectivity index (χ1) is 14.8. The van der Waals surface area contributed by atoms with E-state index in [0.717, 1.165) is 59.9 Å². The zero-order valence-corrected chi connectivity index (χ0v) is 16.9. The van der Waals surface area contributed by atoms with E-state index in [2.05, 4.69) is 28.0 Å². The Balaban J connectivity index is 1.12. The average molecular weight is 406 g/mol. The van der Waals surface area contributed by atoms with Crippen molar-refractivity contribution in [2.75, 3.05) is 51.0 Å². The highest BCUT2D eigenvalue weighted by molar-refractivity contribution is 5.88. The molecular weight excluding hydrogens is 380 g/mol. The zero-order valence-electron chi connectivity index (χ0n) is 16.9. The Labute approximate surface area is 176 Å². The van der Waals surface area contributed by atoms with Gasteiger partial charge in [0.1, 0.15) is 18.5 Å². The number of aliphatic hydroxyl groups excluding tert-OH is 1. The second-order valence-electron chi connectivity index (χ2n) is 7.77. The Hall–Kier alpha value is -2.96. The van der Waals surface area contributed by atoms with Crippen molar-refractivity contribution >= 4 is 16.5 Å². The van der Waals surface area contributed by atoms with Gasteiger partial charge in [0.15, 0.2) is 11.5 Å². The molecule has 1 saturated heterocycles. The molecule has 0 radical (unpaired) electrons. The highest BCUT2D eigenvalue weighted by Crippen LogP contribution is 2.35. The van der Waals surface area contributed by atoms with E-state index in [-0.39, 0.29) is 6.61 Å². The van der Waals surface area contributed by atoms with Crippen molar-refractivity contribution in [2.24, 2.45) is 0 Å². The van der Waals surface area contributed by atoms with E-state index >= 15 is 0 Å². The van der Waals surface area contributed by atoms with Gasteiger partial charge in [0.2, 0.25) is 6.79 Å². The summed E-state index contributed by atoms with van der Waals surface area (Å²) in [6, 6.07) is 20.2. The van der Waals surface area contributed by atoms with Gasteiger partial charge in [0.25, 0.3) is 0 Å². The largest absolute Gasteiger partial charge is 0.490 e. The van der Waals surface area contributed by atoms with Crippen LogP contribution in [0, 0.1) is 0 Å². The van der Waals surface area contributed by atoms with Crippen LogP contribution in [-0.2, 0) is 0 Å². The lowest BCUT2D eigenvalue weighted by atomic mass is 10.1. The minimum atomic E-state index is -0.527. The molecule has 6 nitrogen and oxygen atoms in total. The lowest BCUT2D eigenvalue weighted by molar-refractivity contribution is 0.0668. The lowest BCUT2D eigenvalue weighted by Crippen LogP contribution is -2.49. The number of hydrogen-bond donors (Lipinski definition) is 1. The minimum Gasteiger partial charge on any atom is -0.490 e. The summed E-state index contributed by atoms with van der Waals surface area (Å²) in [6.07, 6.45) is -0.527. The fourth-order valence-electron chi connectivity index (χ4n) is 4.13. The molecule has 5 rings (SSSR count). The predicted octanol–water partition coefficient (Wildman–Crippen LogP) is 3.13. The maximum atomic E-state index is 10.5. The molecule has 2 aliphatic rings. The van der Waals surface area contributed by atoms with Gasteiger partial charge < -0.3 is 24.2 Å². The summed E-state index contributed by atoms with van der Waals surface area (Å²) in [5, 5.41) is 12.7. The van der Waals surface area contributed by atoms with Crippen LogP contribution in [0.3, 0.4) is 0 Å². The number of fused-ring (bicyclic) bond motifs is 2. The first-order valence-corrected chi connectivity index (χ1v) is 10.4. The molecule has 1 N–H and O–H groups in total. The van der Waals surface area contributed by atoms with Gasteiger partial charge in [0.05, 0.1) is 0 Å². The van der Waals surface area contributed by atoms with E-state index in [1.807, 2.05) is 42.5 Å². The standard InChI is InChI=1S/C24H26N2O4/c27-20(16-28-22-7-3-5-18-4-1-2-6-21(18)22)15-25-10-12-26(13-11-25)19-8-9-23-24(14-19)30-17-29-23/h1-9,14,20,27H,10-13,15-17H2/t20-/m0/s1. The number of hydrogen-bond acceptors (Lipinski definition) is 6. The van der Waals surface area contributed by atoms with Crippen molar-refractivity contribution in [1.29, 1.82) is 0 Å². The third kappa shape index (κ3) is 4.01. The predicted molar refractivity (Wildman–Crippen MR) is 117 cm³/mol. The molecule has 3 aromatic carbocycles. The molecule has 0 unspecified atom stereocenters. The molecular formula is C24H26N2O4. The number of benzene rings is 3. The van der Waals surface area contributed by atoms with E-state index in [4.69, 9.17) is 14.2 Å². The van der Waals surface area contributed by atoms with Crippen molar-refractivity contribution < 1.29 is 19.3 Å². The molecule has 1 atom stereocenters. The Morgan fingerprint density at radius 2 is 1.70 bits per heavy atom. The van der Waals surface area contributed by atoms with E-state index < -0.39 is 6.10 Å². The van der Waals surface area contributed by atoms with Crippen LogP contribution in [0.1, 0.15) is 0 Å². The maximum Gasteiger partial charge on any atom is 0.231 e. The first-order valence-electron chi connectivity index (χ1n) is 10.4. The van der Waals surface area contributed by atoms with Gasteiger partial charge in [-0.1, -0.05) is 36.4 Å². The monoisotopic (exact) mass is 406 g/mol. The second-order valence-corrected chi connectivity index (χ2v) is 7.77. The van der Waals surface area contributed by atoms with Crippen LogP contribution in [0.15, 0.2) is 60.7 Å². The topological polar surface area (TPSA) is 54.4 Å². The van der Waals surface area contributed by atoms with Crippen molar-refractivity contribution in [1.82, 2.24) is 4.90 Å². The summed E-state index contributed by atoms with van der Waals surface area (Å²) < 4.78 is 16.8. The highest BCUT2D eigenvalue weighted by atomic mass is 16.7. The van der Waals surface area contributed by atoms with Crippen molar-refractivity contribution in [3.05, 3.63) is 60.7 Å². The normalized spacial score (nSPS) is 17.3. The van der Waals surface area contributed by atoms with Gasteiger partial charge >= 0.3 is 0 Å². The molecule has 2 aliphatic heterocycles. The number of ether oxygens (including phenoxy) is 3. The molecule has 0 bridgehead atoms. The van der Waals surface area contributed by atoms with Crippen molar-refractivity contribution in [2.45, 2.75) is 6.10 Å². The van der Waals surface area contributed by atoms with E-state index in [1.165, 1.54) is 0 Å². The summed E-state index contributed by atoms with van der Waals surface area (Å²) in [5.74, 6) is 2.45. The summed E-state index contributed by atoms with van der Waals surface area (Å²) >= 11 is 0. The third-order valence-corrected chi connectivity index (χ3v) is 5.74. The number of anilines is 1. The fraction of sp³-hybridized carbons (Fsp3) is 0.333. The second kappa shape index (κ2) is 8.42. The van der Waals surface area contributed by atoms with E-state index in [9.17, 15) is 5.11 Å². The zero-order chi connectivity index (χ0) is 20.3. The summed E-state index contributed by atoms with van der Waals surface area (Å²) in [5.41, 5.74) is 1.15. The number of aliphatic hydroxyl groups is 1. The van der Waals surface area contributed by atoms with Crippen LogP contribution >= 0.6 is 0 Å². The van der Waals surface area contributed by atoms with Crippen LogP contribution < -0.4 is 19.1 Å². The molecule has 3 aromatic rings. The fourth-order valence-corrected chi connectivity index (χ4v) is 4.13. The van der Waals surface area contributed by atoms with Crippen LogP contribution in [0.4, 0.5) is 5.69 Å². The van der Waals surface area contributed by atoms with E-state index in [1.54, 1.807) is 0 Å². The number of β-amino-alcohol motifs (C(OH)–C–C–N with tert-alkyl or cyclic N) is 1. The maximum absolute atomic E-state index is 10.5. The van der Waals surface area contributed by atoms with Gasteiger partial charge in [-0.25, -0.2) is 0 Å². The van der Waals surface area contributed by atoms with Crippen LogP contribution in [-0.4, -0.2) is 62.2 Å². The van der Waals surface area contributed by atoms with Crippen LogP contribution in [0.5, 0.6) is 17.2 Å². The van der Waals surface area contributed by atoms with E-state index in [0.29, 0.717) is 13.3 Å². The Morgan fingerprint density at radius 3 is 2.60 bits per heavy atom. The first kappa shape index (κ1) is 19.0. The Kier molecular flexibility index (Phi) is 5.34. The molecule has 6 heteroatoms. The molecule has 0 aliphatic carbocycles. The molecule has 2 heterocycles. The van der Waals surface area contributed by atoms with Crippen LogP contribution in [0.25, 0.3) is 10.8 Å². The highest BCUT2D eigenvalue weighted by Gasteiger charge is 2.22. The molecule has 0 aromatic heterocycles. The van der Waals surface area contributed by atoms with Gasteiger partial charge in [-0.2, -0.15) is 0 Å². The number of rotatable bonds is 6. The Bertz CT molecular complexity index is 1010. The summed E-state index contributed by atoms with van der Waals surface area (Å²) in [6.45, 7) is 4.83. The molecule has 156 valence electrons. The third-order valence-electron chi connectivity index (χ3n) is 5.74. The number of nitrogens with zero attached hydrogens (tertiary/aromatic N) is 2. The molecule has 1 fully saturated rings. The molecule has 0 amide bonds.